The maximum absolute atomic E-state index is 6.37. The van der Waals surface area contributed by atoms with E-state index in [2.05, 4.69) is 34.0 Å². The van der Waals surface area contributed by atoms with Crippen LogP contribution in [0.2, 0.25) is 5.02 Å². The van der Waals surface area contributed by atoms with Crippen LogP contribution in [0.25, 0.3) is 0 Å². The molecule has 0 amide bonds. The average Bonchev–Trinajstić information content (AvgIpc) is 3.09. The van der Waals surface area contributed by atoms with E-state index in [1.54, 1.807) is 0 Å². The van der Waals surface area contributed by atoms with Crippen molar-refractivity contribution in [2.75, 3.05) is 39.9 Å². The number of pyridine rings is 1. The molecule has 3 heterocycles. The molecule has 0 spiro atoms. The number of ether oxygens (including phenoxy) is 2. The SMILES string of the molecule is CN(Cc1cccnc1)CC1CCN(Cc2cc(Cl)c3c(c2)OCCO3)C1. The zero-order valence-corrected chi connectivity index (χ0v) is 16.5. The molecule has 2 aliphatic rings. The van der Waals surface area contributed by atoms with Gasteiger partial charge in [0, 0.05) is 38.6 Å². The van der Waals surface area contributed by atoms with E-state index in [4.69, 9.17) is 21.1 Å². The Labute approximate surface area is 165 Å². The fraction of sp³-hybridized carbons (Fsp3) is 0.476. The van der Waals surface area contributed by atoms with Crippen LogP contribution in [0.4, 0.5) is 0 Å². The number of benzene rings is 1. The molecule has 0 aliphatic carbocycles. The Morgan fingerprint density at radius 2 is 2.15 bits per heavy atom. The first-order valence-electron chi connectivity index (χ1n) is 9.55. The maximum atomic E-state index is 6.37. The second kappa shape index (κ2) is 8.46. The molecule has 27 heavy (non-hydrogen) atoms. The van der Waals surface area contributed by atoms with E-state index in [0.717, 1.165) is 38.5 Å². The number of nitrogens with zero attached hydrogens (tertiary/aromatic N) is 3. The van der Waals surface area contributed by atoms with Crippen molar-refractivity contribution < 1.29 is 9.47 Å². The van der Waals surface area contributed by atoms with Gasteiger partial charge in [0.1, 0.15) is 13.2 Å². The van der Waals surface area contributed by atoms with E-state index in [1.807, 2.05) is 24.5 Å². The van der Waals surface area contributed by atoms with Crippen molar-refractivity contribution in [3.05, 3.63) is 52.8 Å². The van der Waals surface area contributed by atoms with E-state index >= 15 is 0 Å². The van der Waals surface area contributed by atoms with Crippen LogP contribution in [0, 0.1) is 5.92 Å². The smallest absolute Gasteiger partial charge is 0.179 e. The van der Waals surface area contributed by atoms with Crippen LogP contribution in [-0.2, 0) is 13.1 Å². The predicted octanol–water partition coefficient (Wildman–Crippen LogP) is 3.46. The molecule has 1 atom stereocenters. The third-order valence-electron chi connectivity index (χ3n) is 5.18. The highest BCUT2D eigenvalue weighted by Gasteiger charge is 2.25. The maximum Gasteiger partial charge on any atom is 0.179 e. The first-order chi connectivity index (χ1) is 13.2. The third-order valence-corrected chi connectivity index (χ3v) is 5.46. The quantitative estimate of drug-likeness (QED) is 0.758. The normalized spacial score (nSPS) is 19.6. The van der Waals surface area contributed by atoms with Gasteiger partial charge in [0.15, 0.2) is 11.5 Å². The van der Waals surface area contributed by atoms with Crippen molar-refractivity contribution in [1.29, 1.82) is 0 Å². The molecule has 2 aliphatic heterocycles. The van der Waals surface area contributed by atoms with Gasteiger partial charge in [-0.15, -0.1) is 0 Å². The van der Waals surface area contributed by atoms with E-state index in [1.165, 1.54) is 17.5 Å². The first-order valence-corrected chi connectivity index (χ1v) is 9.93. The van der Waals surface area contributed by atoms with Crippen molar-refractivity contribution in [2.24, 2.45) is 5.92 Å². The molecule has 4 rings (SSSR count). The number of likely N-dealkylation sites (tertiary alicyclic amines) is 1. The minimum Gasteiger partial charge on any atom is -0.486 e. The second-order valence-corrected chi connectivity index (χ2v) is 7.96. The summed E-state index contributed by atoms with van der Waals surface area (Å²) in [4.78, 5) is 9.10. The van der Waals surface area contributed by atoms with Crippen LogP contribution in [0.3, 0.4) is 0 Å². The third kappa shape index (κ3) is 4.72. The van der Waals surface area contributed by atoms with Gasteiger partial charge in [0.05, 0.1) is 5.02 Å². The van der Waals surface area contributed by atoms with Crippen molar-refractivity contribution in [1.82, 2.24) is 14.8 Å². The zero-order valence-electron chi connectivity index (χ0n) is 15.7. The van der Waals surface area contributed by atoms with E-state index in [-0.39, 0.29) is 0 Å². The van der Waals surface area contributed by atoms with Gasteiger partial charge in [0.25, 0.3) is 0 Å². The molecule has 0 bridgehead atoms. The molecule has 6 heteroatoms. The summed E-state index contributed by atoms with van der Waals surface area (Å²) in [6.07, 6.45) is 5.00. The molecule has 1 saturated heterocycles. The standard InChI is InChI=1S/C21H26ClN3O2/c1-24(12-16-3-2-5-23-11-16)13-17-4-6-25(14-17)15-18-9-19(22)21-20(10-18)26-7-8-27-21/h2-3,5,9-11,17H,4,6-8,12-15H2,1H3. The topological polar surface area (TPSA) is 37.8 Å². The number of fused-ring (bicyclic) bond motifs is 1. The average molecular weight is 388 g/mol. The van der Waals surface area contributed by atoms with Crippen LogP contribution in [0.1, 0.15) is 17.5 Å². The molecule has 144 valence electrons. The molecule has 5 nitrogen and oxygen atoms in total. The summed E-state index contributed by atoms with van der Waals surface area (Å²) < 4.78 is 11.3. The largest absolute Gasteiger partial charge is 0.486 e. The van der Waals surface area contributed by atoms with Crippen LogP contribution >= 0.6 is 11.6 Å². The Hall–Kier alpha value is -1.82. The summed E-state index contributed by atoms with van der Waals surface area (Å²) in [7, 11) is 2.19. The summed E-state index contributed by atoms with van der Waals surface area (Å²) >= 11 is 6.37. The molecule has 1 fully saturated rings. The van der Waals surface area contributed by atoms with E-state index in [9.17, 15) is 0 Å². The fourth-order valence-corrected chi connectivity index (χ4v) is 4.32. The summed E-state index contributed by atoms with van der Waals surface area (Å²) in [6.45, 7) is 6.34. The molecular weight excluding hydrogens is 362 g/mol. The predicted molar refractivity (Wildman–Crippen MR) is 106 cm³/mol. The van der Waals surface area contributed by atoms with Crippen LogP contribution in [0.5, 0.6) is 11.5 Å². The molecule has 1 aromatic carbocycles. The molecule has 1 unspecified atom stereocenters. The second-order valence-electron chi connectivity index (χ2n) is 7.55. The molecule has 1 aromatic heterocycles. The highest BCUT2D eigenvalue weighted by Crippen LogP contribution is 2.38. The molecule has 0 radical (unpaired) electrons. The lowest BCUT2D eigenvalue weighted by Crippen LogP contribution is -2.28. The lowest BCUT2D eigenvalue weighted by atomic mass is 10.1. The molecule has 2 aromatic rings. The summed E-state index contributed by atoms with van der Waals surface area (Å²) in [5, 5.41) is 0.647. The van der Waals surface area contributed by atoms with Gasteiger partial charge in [-0.25, -0.2) is 0 Å². The first kappa shape index (κ1) is 18.5. The van der Waals surface area contributed by atoms with Gasteiger partial charge in [0.2, 0.25) is 0 Å². The van der Waals surface area contributed by atoms with Gasteiger partial charge in [-0.3, -0.25) is 9.88 Å². The lowest BCUT2D eigenvalue weighted by molar-refractivity contribution is 0.171. The number of hydrogen-bond donors (Lipinski definition) is 0. The van der Waals surface area contributed by atoms with Crippen LogP contribution in [-0.4, -0.2) is 54.7 Å². The Morgan fingerprint density at radius 1 is 1.26 bits per heavy atom. The minimum atomic E-state index is 0.562. The summed E-state index contributed by atoms with van der Waals surface area (Å²) in [5.41, 5.74) is 2.45. The number of halogens is 1. The summed E-state index contributed by atoms with van der Waals surface area (Å²) in [6, 6.07) is 8.22. The van der Waals surface area contributed by atoms with Crippen LogP contribution in [0.15, 0.2) is 36.7 Å². The number of aromatic nitrogens is 1. The summed E-state index contributed by atoms with van der Waals surface area (Å²) in [5.74, 6) is 2.15. The van der Waals surface area contributed by atoms with Crippen LogP contribution < -0.4 is 9.47 Å². The van der Waals surface area contributed by atoms with E-state index < -0.39 is 0 Å². The Kier molecular flexibility index (Phi) is 5.81. The lowest BCUT2D eigenvalue weighted by Gasteiger charge is -2.23. The molecular formula is C21H26ClN3O2. The highest BCUT2D eigenvalue weighted by atomic mass is 35.5. The zero-order chi connectivity index (χ0) is 18.6. The van der Waals surface area contributed by atoms with Gasteiger partial charge < -0.3 is 14.4 Å². The molecule has 0 saturated carbocycles. The highest BCUT2D eigenvalue weighted by molar-refractivity contribution is 6.32. The van der Waals surface area contributed by atoms with E-state index in [0.29, 0.717) is 29.9 Å². The minimum absolute atomic E-state index is 0.562. The Bertz CT molecular complexity index is 772. The monoisotopic (exact) mass is 387 g/mol. The Balaban J connectivity index is 1.30. The van der Waals surface area contributed by atoms with Gasteiger partial charge >= 0.3 is 0 Å². The van der Waals surface area contributed by atoms with Gasteiger partial charge in [-0.2, -0.15) is 0 Å². The van der Waals surface area contributed by atoms with Gasteiger partial charge in [-0.1, -0.05) is 17.7 Å². The van der Waals surface area contributed by atoms with Crippen molar-refractivity contribution >= 4 is 11.6 Å². The number of rotatable bonds is 6. The van der Waals surface area contributed by atoms with Gasteiger partial charge in [-0.05, 0) is 55.3 Å². The van der Waals surface area contributed by atoms with Crippen molar-refractivity contribution in [2.45, 2.75) is 19.5 Å². The fourth-order valence-electron chi connectivity index (χ4n) is 4.03. The Morgan fingerprint density at radius 3 is 3.00 bits per heavy atom. The van der Waals surface area contributed by atoms with Crippen molar-refractivity contribution in [3.8, 4) is 11.5 Å². The number of hydrogen-bond acceptors (Lipinski definition) is 5. The molecule has 0 N–H and O–H groups in total. The van der Waals surface area contributed by atoms with Crippen molar-refractivity contribution in [3.63, 3.8) is 0 Å².